The number of rotatable bonds is 7. The molecule has 0 aromatic heterocycles. The van der Waals surface area contributed by atoms with E-state index in [-0.39, 0.29) is 12.0 Å². The van der Waals surface area contributed by atoms with Crippen molar-refractivity contribution in [1.82, 2.24) is 5.32 Å². The smallest absolute Gasteiger partial charge is 0.251 e. The van der Waals surface area contributed by atoms with Gasteiger partial charge in [-0.15, -0.1) is 0 Å². The maximum Gasteiger partial charge on any atom is 0.251 e. The summed E-state index contributed by atoms with van der Waals surface area (Å²) in [5.74, 6) is 2.76. The van der Waals surface area contributed by atoms with Gasteiger partial charge in [-0.1, -0.05) is 30.3 Å². The molecule has 4 heteroatoms. The number of benzene rings is 2. The standard InChI is InChI=1S/C27H34N2O2/c1-17(2)31-14-6-13-28-27(30)21-11-12-23-22(16-21)24-19-9-10-20(15-19)25(24)26(29-23)18-7-4-3-5-8-18/h3-5,7-8,11-12,16-17,19-20,24-26,29H,6,9-10,13-15H2,1-2H3,(H,28,30)/t19-,20+,24-,25+,26+/m1/s1. The molecule has 2 aliphatic carbocycles. The molecule has 3 aliphatic rings. The fraction of sp³-hybridized carbons (Fsp3) is 0.519. The Labute approximate surface area is 185 Å². The number of hydrogen-bond donors (Lipinski definition) is 2. The summed E-state index contributed by atoms with van der Waals surface area (Å²) < 4.78 is 5.57. The summed E-state index contributed by atoms with van der Waals surface area (Å²) in [5, 5.41) is 6.93. The molecular weight excluding hydrogens is 384 g/mol. The number of anilines is 1. The van der Waals surface area contributed by atoms with Crippen molar-refractivity contribution in [3.05, 3.63) is 65.2 Å². The molecule has 4 nitrogen and oxygen atoms in total. The minimum absolute atomic E-state index is 0.0252. The Morgan fingerprint density at radius 2 is 1.94 bits per heavy atom. The van der Waals surface area contributed by atoms with Gasteiger partial charge < -0.3 is 15.4 Å². The Morgan fingerprint density at radius 3 is 2.74 bits per heavy atom. The molecule has 2 saturated carbocycles. The van der Waals surface area contributed by atoms with Crippen LogP contribution in [-0.4, -0.2) is 25.2 Å². The van der Waals surface area contributed by atoms with Crippen molar-refractivity contribution < 1.29 is 9.53 Å². The molecule has 1 heterocycles. The minimum Gasteiger partial charge on any atom is -0.379 e. The molecule has 2 fully saturated rings. The van der Waals surface area contributed by atoms with Crippen LogP contribution in [0.4, 0.5) is 5.69 Å². The lowest BCUT2D eigenvalue weighted by atomic mass is 9.68. The fourth-order valence-corrected chi connectivity index (χ4v) is 6.31. The van der Waals surface area contributed by atoms with Crippen molar-refractivity contribution >= 4 is 11.6 Å². The van der Waals surface area contributed by atoms with Crippen LogP contribution >= 0.6 is 0 Å². The Balaban J connectivity index is 1.35. The van der Waals surface area contributed by atoms with Gasteiger partial charge in [0, 0.05) is 24.4 Å². The van der Waals surface area contributed by atoms with E-state index in [0.717, 1.165) is 23.8 Å². The van der Waals surface area contributed by atoms with Gasteiger partial charge >= 0.3 is 0 Å². The molecule has 1 amide bonds. The van der Waals surface area contributed by atoms with Gasteiger partial charge in [0.1, 0.15) is 0 Å². The molecule has 0 spiro atoms. The van der Waals surface area contributed by atoms with Crippen LogP contribution in [0.25, 0.3) is 0 Å². The molecule has 1 aliphatic heterocycles. The first-order valence-electron chi connectivity index (χ1n) is 12.0. The van der Waals surface area contributed by atoms with Crippen molar-refractivity contribution in [3.63, 3.8) is 0 Å². The molecule has 5 atom stereocenters. The van der Waals surface area contributed by atoms with E-state index in [4.69, 9.17) is 4.74 Å². The molecule has 0 radical (unpaired) electrons. The van der Waals surface area contributed by atoms with Crippen LogP contribution in [0.3, 0.4) is 0 Å². The van der Waals surface area contributed by atoms with Gasteiger partial charge in [-0.05, 0) is 92.5 Å². The van der Waals surface area contributed by atoms with Gasteiger partial charge in [-0.2, -0.15) is 0 Å². The van der Waals surface area contributed by atoms with E-state index in [0.29, 0.717) is 31.0 Å². The summed E-state index contributed by atoms with van der Waals surface area (Å²) in [5.41, 5.74) is 4.75. The van der Waals surface area contributed by atoms with Crippen molar-refractivity contribution in [1.29, 1.82) is 0 Å². The molecule has 0 saturated heterocycles. The van der Waals surface area contributed by atoms with Crippen LogP contribution in [0.2, 0.25) is 0 Å². The highest BCUT2D eigenvalue weighted by Gasteiger charge is 2.53. The summed E-state index contributed by atoms with van der Waals surface area (Å²) in [4.78, 5) is 12.8. The van der Waals surface area contributed by atoms with Gasteiger partial charge in [0.25, 0.3) is 5.91 Å². The van der Waals surface area contributed by atoms with Crippen LogP contribution < -0.4 is 10.6 Å². The third kappa shape index (κ3) is 3.98. The molecular formula is C27H34N2O2. The zero-order chi connectivity index (χ0) is 21.4. The summed E-state index contributed by atoms with van der Waals surface area (Å²) >= 11 is 0. The van der Waals surface area contributed by atoms with Gasteiger partial charge in [0.2, 0.25) is 0 Å². The lowest BCUT2D eigenvalue weighted by molar-refractivity contribution is 0.0757. The second-order valence-corrected chi connectivity index (χ2v) is 9.80. The van der Waals surface area contributed by atoms with E-state index in [1.807, 2.05) is 19.9 Å². The molecule has 2 aromatic rings. The third-order valence-electron chi connectivity index (χ3n) is 7.57. The molecule has 2 bridgehead atoms. The van der Waals surface area contributed by atoms with Crippen molar-refractivity contribution in [2.24, 2.45) is 17.8 Å². The van der Waals surface area contributed by atoms with Crippen LogP contribution in [0.1, 0.15) is 73.0 Å². The fourth-order valence-electron chi connectivity index (χ4n) is 6.31. The molecule has 0 unspecified atom stereocenters. The SMILES string of the molecule is CC(C)OCCCNC(=O)c1ccc2c(c1)[C@H]1[C@@H]3CC[C@@H](C3)[C@@H]1[C@H](c1ccccc1)N2. The van der Waals surface area contributed by atoms with Crippen LogP contribution in [0.15, 0.2) is 48.5 Å². The average molecular weight is 419 g/mol. The highest BCUT2D eigenvalue weighted by molar-refractivity contribution is 5.95. The number of amides is 1. The Bertz CT molecular complexity index is 926. The number of carbonyl (C=O) groups excluding carboxylic acids is 1. The van der Waals surface area contributed by atoms with E-state index in [9.17, 15) is 4.79 Å². The maximum atomic E-state index is 12.8. The normalized spacial score (nSPS) is 28.2. The number of fused-ring (bicyclic) bond motifs is 7. The predicted octanol–water partition coefficient (Wildman–Crippen LogP) is 5.53. The minimum atomic E-state index is 0.0252. The maximum absolute atomic E-state index is 12.8. The summed E-state index contributed by atoms with van der Waals surface area (Å²) in [7, 11) is 0. The topological polar surface area (TPSA) is 50.4 Å². The Hall–Kier alpha value is -2.33. The van der Waals surface area contributed by atoms with E-state index < -0.39 is 0 Å². The molecule has 5 rings (SSSR count). The van der Waals surface area contributed by atoms with Crippen LogP contribution in [0.5, 0.6) is 0 Å². The quantitative estimate of drug-likeness (QED) is 0.582. The zero-order valence-corrected chi connectivity index (χ0v) is 18.6. The molecule has 164 valence electrons. The molecule has 31 heavy (non-hydrogen) atoms. The lowest BCUT2D eigenvalue weighted by Gasteiger charge is -2.43. The number of hydrogen-bond acceptors (Lipinski definition) is 3. The first kappa shape index (κ1) is 20.6. The second kappa shape index (κ2) is 8.66. The molecule has 2 N–H and O–H groups in total. The van der Waals surface area contributed by atoms with E-state index in [1.54, 1.807) is 0 Å². The van der Waals surface area contributed by atoms with E-state index >= 15 is 0 Å². The van der Waals surface area contributed by atoms with Crippen LogP contribution in [-0.2, 0) is 4.74 Å². The van der Waals surface area contributed by atoms with Gasteiger partial charge in [0.05, 0.1) is 12.1 Å². The highest BCUT2D eigenvalue weighted by Crippen LogP contribution is 2.63. The predicted molar refractivity (Wildman–Crippen MR) is 124 cm³/mol. The lowest BCUT2D eigenvalue weighted by Crippen LogP contribution is -2.35. The van der Waals surface area contributed by atoms with Crippen LogP contribution in [0, 0.1) is 17.8 Å². The van der Waals surface area contributed by atoms with Crippen molar-refractivity contribution in [3.8, 4) is 0 Å². The largest absolute Gasteiger partial charge is 0.379 e. The van der Waals surface area contributed by atoms with E-state index in [2.05, 4.69) is 53.1 Å². The zero-order valence-electron chi connectivity index (χ0n) is 18.6. The van der Waals surface area contributed by atoms with Gasteiger partial charge in [0.15, 0.2) is 0 Å². The summed E-state index contributed by atoms with van der Waals surface area (Å²) in [6, 6.07) is 17.6. The Morgan fingerprint density at radius 1 is 1.13 bits per heavy atom. The number of carbonyl (C=O) groups is 1. The van der Waals surface area contributed by atoms with E-state index in [1.165, 1.54) is 36.1 Å². The number of ether oxygens (including phenoxy) is 1. The Kier molecular flexibility index (Phi) is 5.75. The second-order valence-electron chi connectivity index (χ2n) is 9.80. The highest BCUT2D eigenvalue weighted by atomic mass is 16.5. The summed E-state index contributed by atoms with van der Waals surface area (Å²) in [6.45, 7) is 5.39. The first-order valence-corrected chi connectivity index (χ1v) is 12.0. The first-order chi connectivity index (χ1) is 15.1. The third-order valence-corrected chi connectivity index (χ3v) is 7.57. The average Bonchev–Trinajstić information content (AvgIpc) is 3.41. The molecule has 2 aromatic carbocycles. The summed E-state index contributed by atoms with van der Waals surface area (Å²) in [6.07, 6.45) is 5.10. The van der Waals surface area contributed by atoms with Crippen molar-refractivity contribution in [2.75, 3.05) is 18.5 Å². The van der Waals surface area contributed by atoms with Gasteiger partial charge in [-0.3, -0.25) is 4.79 Å². The van der Waals surface area contributed by atoms with Gasteiger partial charge in [-0.25, -0.2) is 0 Å². The number of nitrogens with one attached hydrogen (secondary N) is 2. The monoisotopic (exact) mass is 418 g/mol. The van der Waals surface area contributed by atoms with Crippen molar-refractivity contribution in [2.45, 2.75) is 57.6 Å².